The predicted octanol–water partition coefficient (Wildman–Crippen LogP) is 4.29. The second-order valence-corrected chi connectivity index (χ2v) is 7.67. The lowest BCUT2D eigenvalue weighted by molar-refractivity contribution is -0.189. The average molecular weight is 506 g/mol. The summed E-state index contributed by atoms with van der Waals surface area (Å²) >= 11 is 1.05. The minimum absolute atomic E-state index is 0.173. The van der Waals surface area contributed by atoms with Crippen molar-refractivity contribution in [3.63, 3.8) is 0 Å². The molecule has 0 aliphatic rings. The lowest BCUT2D eigenvalue weighted by Crippen LogP contribution is -2.32. The summed E-state index contributed by atoms with van der Waals surface area (Å²) in [4.78, 5) is 25.1. The molecule has 0 aliphatic carbocycles. The van der Waals surface area contributed by atoms with Crippen molar-refractivity contribution in [3.05, 3.63) is 63.8 Å². The third-order valence-corrected chi connectivity index (χ3v) is 5.33. The zero-order valence-corrected chi connectivity index (χ0v) is 18.5. The van der Waals surface area contributed by atoms with Crippen LogP contribution in [0, 0.1) is 17.5 Å². The van der Waals surface area contributed by atoms with E-state index in [1.807, 2.05) is 5.32 Å². The van der Waals surface area contributed by atoms with E-state index in [0.29, 0.717) is 23.7 Å². The third kappa shape index (κ3) is 4.90. The molecule has 182 valence electrons. The van der Waals surface area contributed by atoms with Crippen LogP contribution < -0.4 is 15.7 Å². The van der Waals surface area contributed by atoms with Crippen molar-refractivity contribution >= 4 is 23.4 Å². The molecule has 7 nitrogen and oxygen atoms in total. The monoisotopic (exact) mass is 506 g/mol. The van der Waals surface area contributed by atoms with Gasteiger partial charge in [-0.2, -0.15) is 17.9 Å². The fourth-order valence-corrected chi connectivity index (χ4v) is 3.30. The Morgan fingerprint density at radius 2 is 1.76 bits per heavy atom. The van der Waals surface area contributed by atoms with Gasteiger partial charge >= 0.3 is 11.9 Å². The van der Waals surface area contributed by atoms with Gasteiger partial charge in [-0.1, -0.05) is 17.8 Å². The molecule has 1 atom stereocenters. The number of nitrogens with zero attached hydrogens (tertiary/aromatic N) is 3. The van der Waals surface area contributed by atoms with Gasteiger partial charge in [-0.05, 0) is 31.4 Å². The molecule has 1 amide bonds. The van der Waals surface area contributed by atoms with Crippen LogP contribution in [0.5, 0.6) is 5.75 Å². The standard InChI is InChI=1S/C20H16F6N4O3S/c1-9(20(24,25)26)33-15-8-14(30-19(32)29(2)18(28-30)34-3)13(23)7-10(15)17(31)27-16-11(21)5-4-6-12(16)22/h4-9H,1-3H3,(H,27,31)/t9-/m0/s1. The van der Waals surface area contributed by atoms with Crippen LogP contribution in [0.25, 0.3) is 5.69 Å². The topological polar surface area (TPSA) is 78.2 Å². The van der Waals surface area contributed by atoms with E-state index in [0.717, 1.165) is 34.5 Å². The lowest BCUT2D eigenvalue weighted by atomic mass is 10.1. The molecule has 0 unspecified atom stereocenters. The Kier molecular flexibility index (Phi) is 7.00. The Morgan fingerprint density at radius 1 is 1.15 bits per heavy atom. The molecule has 1 heterocycles. The van der Waals surface area contributed by atoms with E-state index in [4.69, 9.17) is 4.74 Å². The number of thioether (sulfide) groups is 1. The first kappa shape index (κ1) is 25.2. The zero-order valence-electron chi connectivity index (χ0n) is 17.7. The molecule has 0 saturated heterocycles. The predicted molar refractivity (Wildman–Crippen MR) is 111 cm³/mol. The van der Waals surface area contributed by atoms with Crippen molar-refractivity contribution in [3.8, 4) is 11.4 Å². The molecule has 0 fully saturated rings. The highest BCUT2D eigenvalue weighted by Gasteiger charge is 2.39. The van der Waals surface area contributed by atoms with E-state index in [2.05, 4.69) is 5.10 Å². The van der Waals surface area contributed by atoms with Gasteiger partial charge in [0.25, 0.3) is 5.91 Å². The van der Waals surface area contributed by atoms with E-state index in [1.165, 1.54) is 7.05 Å². The zero-order chi connectivity index (χ0) is 25.4. The highest BCUT2D eigenvalue weighted by molar-refractivity contribution is 7.98. The first-order valence-electron chi connectivity index (χ1n) is 9.37. The van der Waals surface area contributed by atoms with Gasteiger partial charge in [0.2, 0.25) is 0 Å². The number of hydrogen-bond donors (Lipinski definition) is 1. The molecule has 0 bridgehead atoms. The van der Waals surface area contributed by atoms with Gasteiger partial charge in [-0.25, -0.2) is 18.0 Å². The molecule has 14 heteroatoms. The van der Waals surface area contributed by atoms with Crippen molar-refractivity contribution in [2.45, 2.75) is 24.4 Å². The molecular weight excluding hydrogens is 490 g/mol. The first-order chi connectivity index (χ1) is 15.8. The van der Waals surface area contributed by atoms with Crippen LogP contribution in [0.4, 0.5) is 32.0 Å². The van der Waals surface area contributed by atoms with Crippen molar-refractivity contribution in [2.24, 2.45) is 7.05 Å². The number of aromatic nitrogens is 3. The Bertz CT molecular complexity index is 1280. The lowest BCUT2D eigenvalue weighted by Gasteiger charge is -2.20. The summed E-state index contributed by atoms with van der Waals surface area (Å²) < 4.78 is 88.6. The van der Waals surface area contributed by atoms with E-state index in [1.54, 1.807) is 6.26 Å². The van der Waals surface area contributed by atoms with Gasteiger partial charge < -0.3 is 10.1 Å². The van der Waals surface area contributed by atoms with Crippen LogP contribution in [-0.2, 0) is 7.05 Å². The molecule has 3 aromatic rings. The number of alkyl halides is 3. The largest absolute Gasteiger partial charge is 0.480 e. The van der Waals surface area contributed by atoms with Crippen LogP contribution in [0.3, 0.4) is 0 Å². The number of rotatable bonds is 6. The van der Waals surface area contributed by atoms with E-state index >= 15 is 0 Å². The maximum Gasteiger partial charge on any atom is 0.425 e. The van der Waals surface area contributed by atoms with E-state index in [9.17, 15) is 35.9 Å². The van der Waals surface area contributed by atoms with Gasteiger partial charge in [0, 0.05) is 13.1 Å². The molecule has 0 spiro atoms. The van der Waals surface area contributed by atoms with Gasteiger partial charge in [-0.3, -0.25) is 9.36 Å². The SMILES string of the molecule is CSc1nn(-c2cc(O[C@@H](C)C(F)(F)F)c(C(=O)Nc3c(F)cccc3F)cc2F)c(=O)n1C. The summed E-state index contributed by atoms with van der Waals surface area (Å²) in [6.45, 7) is 0.639. The van der Waals surface area contributed by atoms with Crippen molar-refractivity contribution < 1.29 is 35.9 Å². The summed E-state index contributed by atoms with van der Waals surface area (Å²) in [5.41, 5.74) is -3.10. The van der Waals surface area contributed by atoms with Crippen molar-refractivity contribution in [1.29, 1.82) is 0 Å². The number of carbonyl (C=O) groups excluding carboxylic acids is 1. The highest BCUT2D eigenvalue weighted by atomic mass is 32.2. The van der Waals surface area contributed by atoms with Gasteiger partial charge in [0.1, 0.15) is 34.6 Å². The van der Waals surface area contributed by atoms with Gasteiger partial charge in [-0.15, -0.1) is 5.10 Å². The number of benzene rings is 2. The van der Waals surface area contributed by atoms with Crippen molar-refractivity contribution in [1.82, 2.24) is 14.3 Å². The second kappa shape index (κ2) is 9.44. The van der Waals surface area contributed by atoms with Gasteiger partial charge in [0.05, 0.1) is 5.56 Å². The molecule has 0 aliphatic heterocycles. The summed E-state index contributed by atoms with van der Waals surface area (Å²) in [5, 5.41) is 5.94. The average Bonchev–Trinajstić information content (AvgIpc) is 3.04. The fourth-order valence-electron chi connectivity index (χ4n) is 2.79. The normalized spacial score (nSPS) is 12.5. The molecule has 1 N–H and O–H groups in total. The number of para-hydroxylation sites is 1. The molecule has 2 aromatic carbocycles. The number of amides is 1. The van der Waals surface area contributed by atoms with Gasteiger partial charge in [0.15, 0.2) is 11.3 Å². The van der Waals surface area contributed by atoms with E-state index < -0.39 is 64.0 Å². The minimum Gasteiger partial charge on any atom is -0.480 e. The fraction of sp³-hybridized carbons (Fsp3) is 0.250. The summed E-state index contributed by atoms with van der Waals surface area (Å²) in [6.07, 6.45) is -5.73. The number of hydrogen-bond acceptors (Lipinski definition) is 5. The van der Waals surface area contributed by atoms with Crippen LogP contribution >= 0.6 is 11.8 Å². The highest BCUT2D eigenvalue weighted by Crippen LogP contribution is 2.31. The molecule has 34 heavy (non-hydrogen) atoms. The maximum atomic E-state index is 14.9. The van der Waals surface area contributed by atoms with Crippen LogP contribution in [0.1, 0.15) is 17.3 Å². The molecule has 0 saturated carbocycles. The van der Waals surface area contributed by atoms with E-state index in [-0.39, 0.29) is 5.16 Å². The summed E-state index contributed by atoms with van der Waals surface area (Å²) in [6, 6.07) is 3.87. The molecular formula is C20H16F6N4O3S. The van der Waals surface area contributed by atoms with Crippen molar-refractivity contribution in [2.75, 3.05) is 11.6 Å². The molecule has 0 radical (unpaired) electrons. The van der Waals surface area contributed by atoms with Crippen LogP contribution in [0.15, 0.2) is 40.3 Å². The number of nitrogens with one attached hydrogen (secondary N) is 1. The number of ether oxygens (including phenoxy) is 1. The molecule has 1 aromatic heterocycles. The first-order valence-corrected chi connectivity index (χ1v) is 10.6. The number of halogens is 6. The Hall–Kier alpha value is -3.42. The minimum atomic E-state index is -4.87. The third-order valence-electron chi connectivity index (χ3n) is 4.61. The van der Waals surface area contributed by atoms with Crippen LogP contribution in [0.2, 0.25) is 0 Å². The number of carbonyl (C=O) groups is 1. The Morgan fingerprint density at radius 3 is 2.29 bits per heavy atom. The Balaban J connectivity index is 2.14. The Labute approximate surface area is 192 Å². The maximum absolute atomic E-state index is 14.9. The number of anilines is 1. The second-order valence-electron chi connectivity index (χ2n) is 6.89. The quantitative estimate of drug-likeness (QED) is 0.399. The smallest absolute Gasteiger partial charge is 0.425 e. The molecule has 3 rings (SSSR count). The summed E-state index contributed by atoms with van der Waals surface area (Å²) in [5.74, 6) is -5.70. The summed E-state index contributed by atoms with van der Waals surface area (Å²) in [7, 11) is 1.35. The van der Waals surface area contributed by atoms with Crippen LogP contribution in [-0.4, -0.2) is 38.8 Å².